The van der Waals surface area contributed by atoms with E-state index >= 15 is 0 Å². The maximum absolute atomic E-state index is 12.3. The zero-order chi connectivity index (χ0) is 19.1. The standard InChI is InChI=1S/C22H35N3O2/c1-3-18-21(14-11-16(2)23-18)27-15-22(26)25-20-13-12-19(20)24-17-9-7-5-4-6-8-10-17/h11,14,17,19-20,24H,3-10,12-13,15H2,1-2H3,(H,25,26)/t19-,20+/m1/s1. The molecule has 27 heavy (non-hydrogen) atoms. The van der Waals surface area contributed by atoms with Crippen LogP contribution in [0, 0.1) is 6.92 Å². The first-order valence-corrected chi connectivity index (χ1v) is 10.8. The van der Waals surface area contributed by atoms with E-state index in [2.05, 4.69) is 22.5 Å². The summed E-state index contributed by atoms with van der Waals surface area (Å²) in [5.41, 5.74) is 1.89. The summed E-state index contributed by atoms with van der Waals surface area (Å²) in [4.78, 5) is 16.8. The number of rotatable bonds is 7. The number of pyridine rings is 1. The molecule has 2 saturated carbocycles. The molecule has 0 unspecified atom stereocenters. The van der Waals surface area contributed by atoms with E-state index in [1.807, 2.05) is 19.1 Å². The topological polar surface area (TPSA) is 63.2 Å². The highest BCUT2D eigenvalue weighted by atomic mass is 16.5. The van der Waals surface area contributed by atoms with Crippen molar-refractivity contribution in [2.24, 2.45) is 0 Å². The van der Waals surface area contributed by atoms with Crippen molar-refractivity contribution in [2.75, 3.05) is 6.61 Å². The molecular formula is C22H35N3O2. The molecule has 2 atom stereocenters. The minimum Gasteiger partial charge on any atom is -0.482 e. The van der Waals surface area contributed by atoms with Gasteiger partial charge in [0.2, 0.25) is 0 Å². The quantitative estimate of drug-likeness (QED) is 0.765. The molecule has 0 spiro atoms. The van der Waals surface area contributed by atoms with Gasteiger partial charge in [-0.1, -0.05) is 39.0 Å². The van der Waals surface area contributed by atoms with Crippen LogP contribution in [0.5, 0.6) is 5.75 Å². The Balaban J connectivity index is 1.42. The van der Waals surface area contributed by atoms with Crippen molar-refractivity contribution < 1.29 is 9.53 Å². The fraction of sp³-hybridized carbons (Fsp3) is 0.727. The summed E-state index contributed by atoms with van der Waals surface area (Å²) in [5.74, 6) is 0.683. The summed E-state index contributed by atoms with van der Waals surface area (Å²) < 4.78 is 5.73. The minimum atomic E-state index is -0.0354. The average molecular weight is 374 g/mol. The van der Waals surface area contributed by atoms with Gasteiger partial charge in [-0.3, -0.25) is 9.78 Å². The Morgan fingerprint density at radius 1 is 1.07 bits per heavy atom. The van der Waals surface area contributed by atoms with Gasteiger partial charge in [-0.05, 0) is 51.2 Å². The monoisotopic (exact) mass is 373 g/mol. The van der Waals surface area contributed by atoms with Crippen LogP contribution in [0.25, 0.3) is 0 Å². The maximum atomic E-state index is 12.3. The first kappa shape index (κ1) is 20.1. The van der Waals surface area contributed by atoms with E-state index < -0.39 is 0 Å². The molecule has 150 valence electrons. The van der Waals surface area contributed by atoms with Gasteiger partial charge >= 0.3 is 0 Å². The lowest BCUT2D eigenvalue weighted by atomic mass is 9.84. The zero-order valence-electron chi connectivity index (χ0n) is 16.9. The zero-order valence-corrected chi connectivity index (χ0v) is 16.9. The van der Waals surface area contributed by atoms with E-state index in [1.165, 1.54) is 44.9 Å². The molecule has 2 N–H and O–H groups in total. The summed E-state index contributed by atoms with van der Waals surface area (Å²) in [6, 6.07) is 5.13. The lowest BCUT2D eigenvalue weighted by Gasteiger charge is -2.40. The number of ether oxygens (including phenoxy) is 1. The van der Waals surface area contributed by atoms with Crippen LogP contribution in [0.3, 0.4) is 0 Å². The van der Waals surface area contributed by atoms with E-state index in [-0.39, 0.29) is 18.6 Å². The molecule has 1 aromatic heterocycles. The van der Waals surface area contributed by atoms with Gasteiger partial charge in [0.05, 0.1) is 5.69 Å². The minimum absolute atomic E-state index is 0.0354. The number of hydrogen-bond acceptors (Lipinski definition) is 4. The number of carbonyl (C=O) groups is 1. The second-order valence-corrected chi connectivity index (χ2v) is 8.11. The van der Waals surface area contributed by atoms with Crippen molar-refractivity contribution in [1.82, 2.24) is 15.6 Å². The molecule has 0 bridgehead atoms. The Morgan fingerprint density at radius 2 is 1.78 bits per heavy atom. The van der Waals surface area contributed by atoms with Gasteiger partial charge < -0.3 is 15.4 Å². The molecule has 2 aliphatic carbocycles. The van der Waals surface area contributed by atoms with Gasteiger partial charge in [-0.15, -0.1) is 0 Å². The normalized spacial score (nSPS) is 23.8. The summed E-state index contributed by atoms with van der Waals surface area (Å²) in [6.45, 7) is 4.08. The van der Waals surface area contributed by atoms with Gasteiger partial charge in [-0.25, -0.2) is 0 Å². The van der Waals surface area contributed by atoms with Crippen molar-refractivity contribution in [2.45, 2.75) is 96.2 Å². The molecule has 1 aromatic rings. The highest BCUT2D eigenvalue weighted by Gasteiger charge is 2.33. The van der Waals surface area contributed by atoms with Crippen molar-refractivity contribution >= 4 is 5.91 Å². The van der Waals surface area contributed by atoms with Crippen LogP contribution in [0.2, 0.25) is 0 Å². The third-order valence-electron chi connectivity index (χ3n) is 5.94. The molecule has 5 nitrogen and oxygen atoms in total. The fourth-order valence-corrected chi connectivity index (χ4v) is 4.17. The number of aryl methyl sites for hydroxylation is 2. The van der Waals surface area contributed by atoms with Crippen molar-refractivity contribution in [1.29, 1.82) is 0 Å². The lowest BCUT2D eigenvalue weighted by Crippen LogP contribution is -2.59. The van der Waals surface area contributed by atoms with Crippen LogP contribution in [0.15, 0.2) is 12.1 Å². The summed E-state index contributed by atoms with van der Waals surface area (Å²) in [7, 11) is 0. The molecule has 0 saturated heterocycles. The molecule has 0 aliphatic heterocycles. The Labute approximate surface area is 163 Å². The smallest absolute Gasteiger partial charge is 0.258 e. The summed E-state index contributed by atoms with van der Waals surface area (Å²) in [6.07, 6.45) is 12.4. The first-order valence-electron chi connectivity index (χ1n) is 10.8. The Morgan fingerprint density at radius 3 is 2.44 bits per heavy atom. The number of amides is 1. The highest BCUT2D eigenvalue weighted by Crippen LogP contribution is 2.24. The van der Waals surface area contributed by atoms with Gasteiger partial charge in [-0.2, -0.15) is 0 Å². The van der Waals surface area contributed by atoms with Crippen molar-refractivity contribution in [3.05, 3.63) is 23.5 Å². The summed E-state index contributed by atoms with van der Waals surface area (Å²) >= 11 is 0. The number of hydrogen-bond donors (Lipinski definition) is 2. The SMILES string of the molecule is CCc1nc(C)ccc1OCC(=O)N[C@H]1CC[C@H]1NC1CCCCCCC1. The van der Waals surface area contributed by atoms with Crippen LogP contribution in [0.4, 0.5) is 0 Å². The number of aromatic nitrogens is 1. The van der Waals surface area contributed by atoms with Gasteiger partial charge in [0.1, 0.15) is 5.75 Å². The number of nitrogens with one attached hydrogen (secondary N) is 2. The van der Waals surface area contributed by atoms with Crippen LogP contribution in [-0.2, 0) is 11.2 Å². The van der Waals surface area contributed by atoms with Crippen LogP contribution >= 0.6 is 0 Å². The largest absolute Gasteiger partial charge is 0.482 e. The third kappa shape index (κ3) is 5.93. The predicted octanol–water partition coefficient (Wildman–Crippen LogP) is 3.68. The van der Waals surface area contributed by atoms with E-state index in [0.717, 1.165) is 36.4 Å². The van der Waals surface area contributed by atoms with Crippen molar-refractivity contribution in [3.63, 3.8) is 0 Å². The molecule has 0 aromatic carbocycles. The Kier molecular flexibility index (Phi) is 7.50. The van der Waals surface area contributed by atoms with Gasteiger partial charge in [0.25, 0.3) is 5.91 Å². The molecule has 2 fully saturated rings. The first-order chi connectivity index (χ1) is 13.2. The highest BCUT2D eigenvalue weighted by molar-refractivity contribution is 5.78. The van der Waals surface area contributed by atoms with E-state index in [0.29, 0.717) is 12.1 Å². The van der Waals surface area contributed by atoms with Crippen molar-refractivity contribution in [3.8, 4) is 5.75 Å². The average Bonchev–Trinajstić information content (AvgIpc) is 2.63. The molecule has 2 aliphatic rings. The maximum Gasteiger partial charge on any atom is 0.258 e. The second-order valence-electron chi connectivity index (χ2n) is 8.11. The molecule has 5 heteroatoms. The Bertz CT molecular complexity index is 612. The lowest BCUT2D eigenvalue weighted by molar-refractivity contribution is -0.124. The van der Waals surface area contributed by atoms with E-state index in [9.17, 15) is 4.79 Å². The van der Waals surface area contributed by atoms with Crippen LogP contribution in [-0.4, -0.2) is 35.6 Å². The Hall–Kier alpha value is -1.62. The molecule has 1 amide bonds. The van der Waals surface area contributed by atoms with Crippen LogP contribution < -0.4 is 15.4 Å². The molecule has 0 radical (unpaired) electrons. The fourth-order valence-electron chi connectivity index (χ4n) is 4.17. The van der Waals surface area contributed by atoms with E-state index in [4.69, 9.17) is 4.74 Å². The van der Waals surface area contributed by atoms with Crippen LogP contribution in [0.1, 0.15) is 76.1 Å². The van der Waals surface area contributed by atoms with Gasteiger partial charge in [0, 0.05) is 23.8 Å². The number of carbonyl (C=O) groups excluding carboxylic acids is 1. The summed E-state index contributed by atoms with van der Waals surface area (Å²) in [5, 5.41) is 6.97. The molecular weight excluding hydrogens is 338 g/mol. The molecule has 3 rings (SSSR count). The predicted molar refractivity (Wildman–Crippen MR) is 108 cm³/mol. The second kappa shape index (κ2) is 10.1. The third-order valence-corrected chi connectivity index (χ3v) is 5.94. The van der Waals surface area contributed by atoms with E-state index in [1.54, 1.807) is 0 Å². The number of nitrogens with zero attached hydrogens (tertiary/aromatic N) is 1. The van der Waals surface area contributed by atoms with Gasteiger partial charge in [0.15, 0.2) is 6.61 Å². The molecule has 1 heterocycles.